The van der Waals surface area contributed by atoms with E-state index in [1.165, 1.54) is 17.0 Å². The van der Waals surface area contributed by atoms with E-state index in [1.54, 1.807) is 0 Å². The molecule has 0 saturated heterocycles. The van der Waals surface area contributed by atoms with Gasteiger partial charge in [-0.2, -0.15) is 5.10 Å². The monoisotopic (exact) mass is 350 g/mol. The normalized spacial score (nSPS) is 11.0. The molecule has 0 saturated carbocycles. The van der Waals surface area contributed by atoms with Gasteiger partial charge in [-0.1, -0.05) is 20.8 Å². The summed E-state index contributed by atoms with van der Waals surface area (Å²) in [5.74, 6) is 0.888. The van der Waals surface area contributed by atoms with Crippen molar-refractivity contribution in [2.24, 2.45) is 0 Å². The van der Waals surface area contributed by atoms with E-state index in [0.717, 1.165) is 42.6 Å². The molecule has 114 valence electrons. The van der Waals surface area contributed by atoms with Crippen molar-refractivity contribution in [2.75, 3.05) is 13.1 Å². The molecule has 0 aliphatic heterocycles. The van der Waals surface area contributed by atoms with E-state index in [4.69, 9.17) is 5.10 Å². The van der Waals surface area contributed by atoms with Crippen LogP contribution in [0.2, 0.25) is 0 Å². The van der Waals surface area contributed by atoms with Crippen molar-refractivity contribution in [3.63, 3.8) is 0 Å². The van der Waals surface area contributed by atoms with Gasteiger partial charge >= 0.3 is 0 Å². The Morgan fingerprint density at radius 1 is 1.19 bits per heavy atom. The van der Waals surface area contributed by atoms with E-state index in [1.807, 2.05) is 23.0 Å². The van der Waals surface area contributed by atoms with Gasteiger partial charge in [0.1, 0.15) is 0 Å². The minimum absolute atomic E-state index is 0.888. The number of hydrogen-bond acceptors (Lipinski definition) is 3. The van der Waals surface area contributed by atoms with Crippen LogP contribution >= 0.6 is 15.9 Å². The van der Waals surface area contributed by atoms with E-state index >= 15 is 0 Å². The molecule has 0 aliphatic rings. The Morgan fingerprint density at radius 2 is 2.00 bits per heavy atom. The van der Waals surface area contributed by atoms with Crippen LogP contribution in [-0.4, -0.2) is 27.9 Å². The molecule has 2 aromatic rings. The van der Waals surface area contributed by atoms with E-state index < -0.39 is 0 Å². The van der Waals surface area contributed by atoms with Gasteiger partial charge in [-0.3, -0.25) is 0 Å². The molecule has 0 fully saturated rings. The number of nitrogens with zero attached hydrogens (tertiary/aromatic N) is 3. The quantitative estimate of drug-likeness (QED) is 0.779. The van der Waals surface area contributed by atoms with Crippen LogP contribution < -0.4 is 5.32 Å². The highest BCUT2D eigenvalue weighted by molar-refractivity contribution is 9.10. The van der Waals surface area contributed by atoms with Gasteiger partial charge in [0, 0.05) is 16.4 Å². The predicted molar refractivity (Wildman–Crippen MR) is 90.1 cm³/mol. The van der Waals surface area contributed by atoms with Crippen LogP contribution in [0.15, 0.2) is 22.8 Å². The molecule has 0 atom stereocenters. The maximum Gasteiger partial charge on any atom is 0.153 e. The van der Waals surface area contributed by atoms with Gasteiger partial charge in [-0.05, 0) is 66.0 Å². The molecule has 21 heavy (non-hydrogen) atoms. The number of pyridine rings is 1. The van der Waals surface area contributed by atoms with Gasteiger partial charge in [-0.25, -0.2) is 9.67 Å². The number of rotatable bonds is 7. The van der Waals surface area contributed by atoms with Gasteiger partial charge in [0.05, 0.1) is 5.69 Å². The molecule has 0 spiro atoms. The summed E-state index contributed by atoms with van der Waals surface area (Å²) in [4.78, 5) is 4.48. The highest BCUT2D eigenvalue weighted by atomic mass is 79.9. The number of likely N-dealkylation sites (N-methyl/N-ethyl adjacent to an activating group) is 1. The third-order valence-corrected chi connectivity index (χ3v) is 4.04. The summed E-state index contributed by atoms with van der Waals surface area (Å²) < 4.78 is 2.99. The molecule has 1 N–H and O–H groups in total. The largest absolute Gasteiger partial charge is 0.317 e. The number of nitrogens with one attached hydrogen (secondary N) is 1. The molecular weight excluding hydrogens is 328 g/mol. The Hall–Kier alpha value is -1.20. The first kappa shape index (κ1) is 16.2. The number of aryl methyl sites for hydroxylation is 1. The second-order valence-corrected chi connectivity index (χ2v) is 5.84. The maximum atomic E-state index is 4.79. The molecule has 0 aromatic carbocycles. The molecule has 0 radical (unpaired) electrons. The van der Waals surface area contributed by atoms with Crippen molar-refractivity contribution in [3.8, 4) is 5.82 Å². The van der Waals surface area contributed by atoms with Crippen LogP contribution in [0.3, 0.4) is 0 Å². The van der Waals surface area contributed by atoms with Crippen LogP contribution in [0.1, 0.15) is 37.7 Å². The van der Waals surface area contributed by atoms with Crippen molar-refractivity contribution in [2.45, 2.75) is 40.0 Å². The van der Waals surface area contributed by atoms with Gasteiger partial charge in [0.25, 0.3) is 0 Å². The topological polar surface area (TPSA) is 42.7 Å². The molecule has 2 aromatic heterocycles. The smallest absolute Gasteiger partial charge is 0.153 e. The zero-order chi connectivity index (χ0) is 15.2. The highest BCUT2D eigenvalue weighted by Gasteiger charge is 2.16. The van der Waals surface area contributed by atoms with E-state index in [0.29, 0.717) is 0 Å². The van der Waals surface area contributed by atoms with Gasteiger partial charge < -0.3 is 5.32 Å². The Labute approximate surface area is 135 Å². The first-order valence-corrected chi connectivity index (χ1v) is 8.42. The second-order valence-electron chi connectivity index (χ2n) is 4.93. The summed E-state index contributed by atoms with van der Waals surface area (Å²) in [6.07, 6.45) is 4.77. The lowest BCUT2D eigenvalue weighted by Gasteiger charge is -2.07. The first-order chi connectivity index (χ1) is 10.2. The van der Waals surface area contributed by atoms with Crippen LogP contribution in [0.5, 0.6) is 0 Å². The Balaban J connectivity index is 2.39. The minimum Gasteiger partial charge on any atom is -0.317 e. The Kier molecular flexibility index (Phi) is 5.94. The average molecular weight is 351 g/mol. The zero-order valence-electron chi connectivity index (χ0n) is 13.0. The third kappa shape index (κ3) is 3.71. The SMILES string of the molecule is CCNCCc1c(CC)nn(-c2ccc(Br)cn2)c1CC. The minimum atomic E-state index is 0.888. The zero-order valence-corrected chi connectivity index (χ0v) is 14.6. The van der Waals surface area contributed by atoms with Gasteiger partial charge in [-0.15, -0.1) is 0 Å². The second kappa shape index (κ2) is 7.71. The fourth-order valence-electron chi connectivity index (χ4n) is 2.54. The van der Waals surface area contributed by atoms with E-state index in [2.05, 4.69) is 47.0 Å². The summed E-state index contributed by atoms with van der Waals surface area (Å²) in [6.45, 7) is 8.48. The van der Waals surface area contributed by atoms with Gasteiger partial charge in [0.2, 0.25) is 0 Å². The Morgan fingerprint density at radius 3 is 2.57 bits per heavy atom. The first-order valence-electron chi connectivity index (χ1n) is 7.63. The maximum absolute atomic E-state index is 4.79. The molecule has 4 nitrogen and oxygen atoms in total. The van der Waals surface area contributed by atoms with Crippen molar-refractivity contribution in [1.82, 2.24) is 20.1 Å². The average Bonchev–Trinajstić information content (AvgIpc) is 2.86. The molecule has 2 heterocycles. The number of halogens is 1. The molecule has 5 heteroatoms. The highest BCUT2D eigenvalue weighted by Crippen LogP contribution is 2.20. The van der Waals surface area contributed by atoms with Crippen molar-refractivity contribution in [3.05, 3.63) is 39.8 Å². The van der Waals surface area contributed by atoms with Crippen molar-refractivity contribution < 1.29 is 0 Å². The molecule has 2 rings (SSSR count). The lowest BCUT2D eigenvalue weighted by Crippen LogP contribution is -2.17. The summed E-state index contributed by atoms with van der Waals surface area (Å²) in [6, 6.07) is 4.01. The fraction of sp³-hybridized carbons (Fsp3) is 0.500. The van der Waals surface area contributed by atoms with Crippen LogP contribution in [-0.2, 0) is 19.3 Å². The van der Waals surface area contributed by atoms with Crippen molar-refractivity contribution >= 4 is 15.9 Å². The van der Waals surface area contributed by atoms with Crippen LogP contribution in [0.25, 0.3) is 5.82 Å². The van der Waals surface area contributed by atoms with E-state index in [9.17, 15) is 0 Å². The lowest BCUT2D eigenvalue weighted by atomic mass is 10.1. The van der Waals surface area contributed by atoms with E-state index in [-0.39, 0.29) is 0 Å². The fourth-order valence-corrected chi connectivity index (χ4v) is 2.78. The molecule has 0 bridgehead atoms. The molecule has 0 aliphatic carbocycles. The van der Waals surface area contributed by atoms with Crippen LogP contribution in [0.4, 0.5) is 0 Å². The number of hydrogen-bond donors (Lipinski definition) is 1. The molecule has 0 unspecified atom stereocenters. The summed E-state index contributed by atoms with van der Waals surface area (Å²) in [7, 11) is 0. The standard InChI is InChI=1S/C16H23BrN4/c1-4-14-13(9-10-18-6-3)15(5-2)21(20-14)16-8-7-12(17)11-19-16/h7-8,11,18H,4-6,9-10H2,1-3H3. The van der Waals surface area contributed by atoms with Gasteiger partial charge in [0.15, 0.2) is 5.82 Å². The lowest BCUT2D eigenvalue weighted by molar-refractivity contribution is 0.708. The molecule has 0 amide bonds. The summed E-state index contributed by atoms with van der Waals surface area (Å²) in [5.41, 5.74) is 3.85. The summed E-state index contributed by atoms with van der Waals surface area (Å²) >= 11 is 3.43. The summed E-state index contributed by atoms with van der Waals surface area (Å²) in [5, 5.41) is 8.19. The predicted octanol–water partition coefficient (Wildman–Crippen LogP) is 3.31. The number of aromatic nitrogens is 3. The van der Waals surface area contributed by atoms with Crippen molar-refractivity contribution in [1.29, 1.82) is 0 Å². The third-order valence-electron chi connectivity index (χ3n) is 3.57. The molecular formula is C16H23BrN4. The Bertz CT molecular complexity index is 575. The van der Waals surface area contributed by atoms with Crippen LogP contribution in [0, 0.1) is 0 Å².